The Morgan fingerprint density at radius 1 is 1.13 bits per heavy atom. The van der Waals surface area contributed by atoms with Gasteiger partial charge in [0.05, 0.1) is 13.0 Å². The van der Waals surface area contributed by atoms with Gasteiger partial charge in [-0.25, -0.2) is 0 Å². The predicted molar refractivity (Wildman–Crippen MR) is 90.7 cm³/mol. The molecule has 0 radical (unpaired) electrons. The van der Waals surface area contributed by atoms with E-state index in [1.807, 2.05) is 0 Å². The summed E-state index contributed by atoms with van der Waals surface area (Å²) in [5.41, 5.74) is 11.4. The molecule has 0 atom stereocenters. The van der Waals surface area contributed by atoms with Crippen molar-refractivity contribution in [1.82, 2.24) is 5.32 Å². The predicted octanol–water partition coefficient (Wildman–Crippen LogP) is 1.36. The lowest BCUT2D eigenvalue weighted by atomic mass is 9.92. The van der Waals surface area contributed by atoms with Gasteiger partial charge in [0.25, 0.3) is 0 Å². The summed E-state index contributed by atoms with van der Waals surface area (Å²) in [4.78, 5) is 22.8. The summed E-state index contributed by atoms with van der Waals surface area (Å²) in [6.07, 6.45) is 4.13. The molecule has 0 bridgehead atoms. The third-order valence-electron chi connectivity index (χ3n) is 3.87. The number of ether oxygens (including phenoxy) is 1. The average molecular weight is 342 g/mol. The van der Waals surface area contributed by atoms with Crippen molar-refractivity contribution in [2.45, 2.75) is 44.2 Å². The van der Waals surface area contributed by atoms with E-state index in [1.54, 1.807) is 24.3 Å². The summed E-state index contributed by atoms with van der Waals surface area (Å²) >= 11 is 0. The minimum absolute atomic E-state index is 0. The fourth-order valence-corrected chi connectivity index (χ4v) is 2.54. The van der Waals surface area contributed by atoms with Gasteiger partial charge in [0.15, 0.2) is 0 Å². The molecule has 2 rings (SSSR count). The van der Waals surface area contributed by atoms with Gasteiger partial charge in [-0.2, -0.15) is 0 Å². The number of carbonyl (C=O) groups is 2. The van der Waals surface area contributed by atoms with Crippen LogP contribution in [0.4, 0.5) is 0 Å². The zero-order valence-electron chi connectivity index (χ0n) is 13.0. The Hall–Kier alpha value is -1.79. The van der Waals surface area contributed by atoms with Crippen LogP contribution >= 0.6 is 12.4 Å². The quantitative estimate of drug-likeness (QED) is 0.726. The van der Waals surface area contributed by atoms with Crippen LogP contribution in [0.3, 0.4) is 0 Å². The topological polar surface area (TPSA) is 107 Å². The number of hydrogen-bond acceptors (Lipinski definition) is 4. The summed E-state index contributed by atoms with van der Waals surface area (Å²) in [6, 6.07) is 7.05. The highest BCUT2D eigenvalue weighted by atomic mass is 35.5. The van der Waals surface area contributed by atoms with Crippen LogP contribution in [0.15, 0.2) is 24.3 Å². The van der Waals surface area contributed by atoms with Gasteiger partial charge < -0.3 is 21.5 Å². The standard InChI is InChI=1S/C16H23N3O3.ClH/c17-12-3-5-13(6-4-12)19-15(20)9-10-22-14-7-1-11(2-8-14)16(18)21;/h1-2,7-8,12-13H,3-6,9-10,17H2,(H2,18,21)(H,19,20);1H. The molecule has 1 aliphatic rings. The van der Waals surface area contributed by atoms with Crippen LogP contribution in [0.2, 0.25) is 0 Å². The van der Waals surface area contributed by atoms with Crippen molar-refractivity contribution in [2.75, 3.05) is 6.61 Å². The van der Waals surface area contributed by atoms with E-state index >= 15 is 0 Å². The first-order valence-corrected chi connectivity index (χ1v) is 7.62. The lowest BCUT2D eigenvalue weighted by molar-refractivity contribution is -0.122. The van der Waals surface area contributed by atoms with Crippen LogP contribution in [0.25, 0.3) is 0 Å². The molecule has 6 nitrogen and oxygen atoms in total. The van der Waals surface area contributed by atoms with Gasteiger partial charge in [0, 0.05) is 17.6 Å². The summed E-state index contributed by atoms with van der Waals surface area (Å²) in [5, 5.41) is 3.01. The lowest BCUT2D eigenvalue weighted by Gasteiger charge is -2.26. The number of nitrogens with two attached hydrogens (primary N) is 2. The first-order chi connectivity index (χ1) is 10.5. The Morgan fingerprint density at radius 3 is 2.30 bits per heavy atom. The van der Waals surface area contributed by atoms with Crippen LogP contribution < -0.4 is 21.5 Å². The Kier molecular flexibility index (Phi) is 7.85. The normalized spacial score (nSPS) is 20.2. The Bertz CT molecular complexity index is 514. The highest BCUT2D eigenvalue weighted by Gasteiger charge is 2.19. The molecule has 1 saturated carbocycles. The fraction of sp³-hybridized carbons (Fsp3) is 0.500. The maximum Gasteiger partial charge on any atom is 0.248 e. The third kappa shape index (κ3) is 6.46. The molecule has 0 heterocycles. The molecule has 0 saturated heterocycles. The highest BCUT2D eigenvalue weighted by molar-refractivity contribution is 5.92. The molecular formula is C16H24ClN3O3. The summed E-state index contributed by atoms with van der Waals surface area (Å²) in [6.45, 7) is 0.300. The minimum Gasteiger partial charge on any atom is -0.493 e. The molecule has 2 amide bonds. The van der Waals surface area contributed by atoms with E-state index in [1.165, 1.54) is 0 Å². The number of benzene rings is 1. The molecule has 1 aromatic rings. The van der Waals surface area contributed by atoms with E-state index in [9.17, 15) is 9.59 Å². The van der Waals surface area contributed by atoms with Gasteiger partial charge in [-0.05, 0) is 49.9 Å². The molecule has 1 aliphatic carbocycles. The van der Waals surface area contributed by atoms with Gasteiger partial charge in [-0.15, -0.1) is 12.4 Å². The Morgan fingerprint density at radius 2 is 1.74 bits per heavy atom. The van der Waals surface area contributed by atoms with Crippen molar-refractivity contribution in [1.29, 1.82) is 0 Å². The number of halogens is 1. The monoisotopic (exact) mass is 341 g/mol. The lowest BCUT2D eigenvalue weighted by Crippen LogP contribution is -2.40. The number of hydrogen-bond donors (Lipinski definition) is 3. The van der Waals surface area contributed by atoms with E-state index in [4.69, 9.17) is 16.2 Å². The van der Waals surface area contributed by atoms with Crippen LogP contribution in [-0.2, 0) is 4.79 Å². The summed E-state index contributed by atoms with van der Waals surface area (Å²) < 4.78 is 5.48. The average Bonchev–Trinajstić information content (AvgIpc) is 2.50. The van der Waals surface area contributed by atoms with Gasteiger partial charge in [0.1, 0.15) is 5.75 Å². The van der Waals surface area contributed by atoms with Gasteiger partial charge in [0.2, 0.25) is 11.8 Å². The van der Waals surface area contributed by atoms with E-state index in [0.29, 0.717) is 24.3 Å². The Balaban J connectivity index is 0.00000264. The molecule has 0 aliphatic heterocycles. The molecular weight excluding hydrogens is 318 g/mol. The number of nitrogens with one attached hydrogen (secondary N) is 1. The number of amides is 2. The molecule has 0 spiro atoms. The molecule has 5 N–H and O–H groups in total. The fourth-order valence-electron chi connectivity index (χ4n) is 2.54. The van der Waals surface area contributed by atoms with Crippen LogP contribution in [0.1, 0.15) is 42.5 Å². The van der Waals surface area contributed by atoms with Crippen molar-refractivity contribution < 1.29 is 14.3 Å². The molecule has 0 aromatic heterocycles. The van der Waals surface area contributed by atoms with E-state index in [2.05, 4.69) is 5.32 Å². The molecule has 1 fully saturated rings. The van der Waals surface area contributed by atoms with Crippen LogP contribution in [0.5, 0.6) is 5.75 Å². The first-order valence-electron chi connectivity index (χ1n) is 7.62. The summed E-state index contributed by atoms with van der Waals surface area (Å²) in [5.74, 6) is 0.133. The first kappa shape index (κ1) is 19.3. The minimum atomic E-state index is -0.474. The summed E-state index contributed by atoms with van der Waals surface area (Å²) in [7, 11) is 0. The second kappa shape index (κ2) is 9.37. The SMILES string of the molecule is Cl.NC(=O)c1ccc(OCCC(=O)NC2CCC(N)CC2)cc1. The Labute approximate surface area is 142 Å². The van der Waals surface area contributed by atoms with Crippen LogP contribution in [-0.4, -0.2) is 30.5 Å². The number of carbonyl (C=O) groups excluding carboxylic acids is 2. The highest BCUT2D eigenvalue weighted by Crippen LogP contribution is 2.17. The largest absolute Gasteiger partial charge is 0.493 e. The van der Waals surface area contributed by atoms with Crippen molar-refractivity contribution in [3.8, 4) is 5.75 Å². The maximum atomic E-state index is 11.8. The van der Waals surface area contributed by atoms with Crippen molar-refractivity contribution in [2.24, 2.45) is 11.5 Å². The van der Waals surface area contributed by atoms with Crippen LogP contribution in [0, 0.1) is 0 Å². The van der Waals surface area contributed by atoms with Gasteiger partial charge >= 0.3 is 0 Å². The van der Waals surface area contributed by atoms with E-state index in [0.717, 1.165) is 25.7 Å². The third-order valence-corrected chi connectivity index (χ3v) is 3.87. The zero-order valence-corrected chi connectivity index (χ0v) is 13.8. The molecule has 7 heteroatoms. The van der Waals surface area contributed by atoms with Crippen molar-refractivity contribution in [3.63, 3.8) is 0 Å². The van der Waals surface area contributed by atoms with E-state index < -0.39 is 5.91 Å². The second-order valence-corrected chi connectivity index (χ2v) is 5.67. The molecule has 0 unspecified atom stereocenters. The van der Waals surface area contributed by atoms with Gasteiger partial charge in [-0.1, -0.05) is 0 Å². The molecule has 128 valence electrons. The number of primary amides is 1. The van der Waals surface area contributed by atoms with Crippen molar-refractivity contribution >= 4 is 24.2 Å². The number of rotatable bonds is 6. The molecule has 23 heavy (non-hydrogen) atoms. The smallest absolute Gasteiger partial charge is 0.248 e. The zero-order chi connectivity index (χ0) is 15.9. The van der Waals surface area contributed by atoms with Gasteiger partial charge in [-0.3, -0.25) is 9.59 Å². The molecule has 1 aromatic carbocycles. The second-order valence-electron chi connectivity index (χ2n) is 5.67. The van der Waals surface area contributed by atoms with E-state index in [-0.39, 0.29) is 30.4 Å². The van der Waals surface area contributed by atoms with Crippen molar-refractivity contribution in [3.05, 3.63) is 29.8 Å². The maximum absolute atomic E-state index is 11.8.